The fourth-order valence-electron chi connectivity index (χ4n) is 2.89. The molecule has 9 nitrogen and oxygen atoms in total. The summed E-state index contributed by atoms with van der Waals surface area (Å²) < 4.78 is 26.0. The van der Waals surface area contributed by atoms with E-state index in [-0.39, 0.29) is 12.8 Å². The van der Waals surface area contributed by atoms with Gasteiger partial charge in [-0.15, -0.1) is 6.58 Å². The third kappa shape index (κ3) is 15.1. The Labute approximate surface area is 201 Å². The van der Waals surface area contributed by atoms with Gasteiger partial charge in [-0.1, -0.05) is 67.4 Å². The van der Waals surface area contributed by atoms with E-state index in [0.717, 1.165) is 6.08 Å². The summed E-state index contributed by atoms with van der Waals surface area (Å²) in [5.74, 6) is -3.23. The predicted molar refractivity (Wildman–Crippen MR) is 134 cm³/mol. The zero-order valence-electron chi connectivity index (χ0n) is 21.8. The first kappa shape index (κ1) is 36.1. The van der Waals surface area contributed by atoms with Gasteiger partial charge in [-0.3, -0.25) is 13.8 Å². The van der Waals surface area contributed by atoms with Gasteiger partial charge in [-0.05, 0) is 45.7 Å². The monoisotopic (exact) mass is 496 g/mol. The lowest BCUT2D eigenvalue weighted by Gasteiger charge is -2.26. The maximum Gasteiger partial charge on any atom is 0.328 e. The zero-order valence-corrected chi connectivity index (χ0v) is 22.6. The van der Waals surface area contributed by atoms with E-state index in [4.69, 9.17) is 5.11 Å². The molecule has 0 aliphatic rings. The van der Waals surface area contributed by atoms with Crippen LogP contribution in [0, 0.1) is 0 Å². The Hall–Kier alpha value is -1.49. The van der Waals surface area contributed by atoms with Crippen molar-refractivity contribution in [1.29, 1.82) is 0 Å². The van der Waals surface area contributed by atoms with Crippen LogP contribution in [0.15, 0.2) is 12.7 Å². The summed E-state index contributed by atoms with van der Waals surface area (Å²) >= 11 is 0. The molecule has 0 amide bonds. The van der Waals surface area contributed by atoms with Gasteiger partial charge in [0, 0.05) is 0 Å². The highest BCUT2D eigenvalue weighted by Gasteiger charge is 2.53. The second-order valence-electron chi connectivity index (χ2n) is 7.24. The smallest absolute Gasteiger partial charge is 0.328 e. The zero-order chi connectivity index (χ0) is 26.5. The van der Waals surface area contributed by atoms with Crippen LogP contribution in [0.1, 0.15) is 74.1 Å². The van der Waals surface area contributed by atoms with Crippen molar-refractivity contribution in [3.63, 3.8) is 0 Å². The average molecular weight is 497 g/mol. The molecule has 0 radical (unpaired) electrons. The first-order valence-electron chi connectivity index (χ1n) is 11.8. The molecule has 0 bridgehead atoms. The maximum absolute atomic E-state index is 12.0. The number of hydrogen-bond acceptors (Lipinski definition) is 7. The summed E-state index contributed by atoms with van der Waals surface area (Å²) in [6, 6.07) is 0. The molecule has 0 saturated carbocycles. The molecule has 0 saturated heterocycles. The van der Waals surface area contributed by atoms with Gasteiger partial charge in [-0.25, -0.2) is 0 Å². The molecule has 0 spiro atoms. The van der Waals surface area contributed by atoms with Crippen molar-refractivity contribution in [3.8, 4) is 0 Å². The first-order valence-corrected chi connectivity index (χ1v) is 13.2. The first-order chi connectivity index (χ1) is 15.4. The van der Waals surface area contributed by atoms with E-state index in [2.05, 4.69) is 62.1 Å². The molecule has 0 aliphatic heterocycles. The van der Waals surface area contributed by atoms with Crippen LogP contribution in [-0.2, 0) is 23.9 Å². The number of carboxylic acid groups (broad SMARTS) is 2. The molecule has 0 rings (SSSR count). The topological polar surface area (TPSA) is 124 Å². The Morgan fingerprint density at radius 3 is 1.48 bits per heavy atom. The molecule has 0 aromatic heterocycles. The highest BCUT2D eigenvalue weighted by Crippen LogP contribution is 2.30. The number of hydrogen-bond donors (Lipinski definition) is 2. The Balaban J connectivity index is -0.000000524. The fourth-order valence-corrected chi connectivity index (χ4v) is 4.30. The second kappa shape index (κ2) is 21.1. The summed E-state index contributed by atoms with van der Waals surface area (Å²) in [5, 5.41) is 18.0. The minimum atomic E-state index is -4.56. The van der Waals surface area contributed by atoms with Crippen LogP contribution >= 0.6 is 0 Å². The molecular formula is C23H48N2O7S. The lowest BCUT2D eigenvalue weighted by atomic mass is 9.97. The van der Waals surface area contributed by atoms with Gasteiger partial charge < -0.3 is 20.0 Å². The van der Waals surface area contributed by atoms with E-state index in [1.54, 1.807) is 6.92 Å². The van der Waals surface area contributed by atoms with Gasteiger partial charge in [0.2, 0.25) is 4.75 Å². The third-order valence-electron chi connectivity index (χ3n) is 5.26. The standard InChI is InChI=1S/C11H18O7S.2C6H15N/c1-3-5-6-11(10(14)15,8-9(12)13)19(16,17)18-7-4-2;2*1-4-7(5-2)6-3/h4H,2-3,5-8H2,1H3,(H,12,13)(H,14,15);2*4-6H2,1-3H3. The molecule has 10 heteroatoms. The second-order valence-corrected chi connectivity index (χ2v) is 9.17. The molecular weight excluding hydrogens is 448 g/mol. The van der Waals surface area contributed by atoms with Crippen LogP contribution < -0.4 is 0 Å². The van der Waals surface area contributed by atoms with Crippen molar-refractivity contribution in [2.75, 3.05) is 45.9 Å². The summed E-state index contributed by atoms with van der Waals surface area (Å²) in [7, 11) is -4.56. The third-order valence-corrected chi connectivity index (χ3v) is 7.19. The van der Waals surface area contributed by atoms with Gasteiger partial charge in [-0.2, -0.15) is 8.42 Å². The number of rotatable bonds is 16. The van der Waals surface area contributed by atoms with Crippen LogP contribution in [0.3, 0.4) is 0 Å². The Morgan fingerprint density at radius 1 is 0.879 bits per heavy atom. The lowest BCUT2D eigenvalue weighted by Crippen LogP contribution is -2.49. The molecule has 0 fully saturated rings. The quantitative estimate of drug-likeness (QED) is 0.243. The molecule has 198 valence electrons. The lowest BCUT2D eigenvalue weighted by molar-refractivity contribution is -0.147. The van der Waals surface area contributed by atoms with E-state index >= 15 is 0 Å². The maximum atomic E-state index is 12.0. The predicted octanol–water partition coefficient (Wildman–Crippen LogP) is 3.70. The largest absolute Gasteiger partial charge is 0.481 e. The SMILES string of the molecule is C=CCOS(=O)(=O)C(CCCC)(CC(=O)O)C(=O)O.CCN(CC)CC.CCN(CC)CC. The van der Waals surface area contributed by atoms with Gasteiger partial charge in [0.15, 0.2) is 0 Å². The van der Waals surface area contributed by atoms with Crippen LogP contribution in [-0.4, -0.2) is 91.0 Å². The molecule has 1 unspecified atom stereocenters. The molecule has 0 heterocycles. The summed E-state index contributed by atoms with van der Waals surface area (Å²) in [4.78, 5) is 26.9. The molecule has 33 heavy (non-hydrogen) atoms. The van der Waals surface area contributed by atoms with Gasteiger partial charge in [0.05, 0.1) is 13.0 Å². The fraction of sp³-hybridized carbons (Fsp3) is 0.826. The Kier molecular flexibility index (Phi) is 23.0. The minimum absolute atomic E-state index is 0.260. The van der Waals surface area contributed by atoms with Crippen molar-refractivity contribution in [2.45, 2.75) is 78.9 Å². The Bertz CT molecular complexity index is 595. The summed E-state index contributed by atoms with van der Waals surface area (Å²) in [5.41, 5.74) is 0. The number of aliphatic carboxylic acids is 2. The average Bonchev–Trinajstić information content (AvgIpc) is 2.78. The molecule has 2 N–H and O–H groups in total. The minimum Gasteiger partial charge on any atom is -0.481 e. The highest BCUT2D eigenvalue weighted by molar-refractivity contribution is 7.89. The van der Waals surface area contributed by atoms with Crippen molar-refractivity contribution < 1.29 is 32.4 Å². The number of nitrogens with zero attached hydrogens (tertiary/aromatic N) is 2. The van der Waals surface area contributed by atoms with E-state index in [1.165, 1.54) is 39.3 Å². The van der Waals surface area contributed by atoms with Crippen molar-refractivity contribution >= 4 is 22.1 Å². The normalized spacial score (nSPS) is 12.8. The number of carboxylic acids is 2. The van der Waals surface area contributed by atoms with Gasteiger partial charge >= 0.3 is 11.9 Å². The van der Waals surface area contributed by atoms with Crippen LogP contribution in [0.2, 0.25) is 0 Å². The van der Waals surface area contributed by atoms with E-state index in [0.29, 0.717) is 6.42 Å². The molecule has 1 atom stereocenters. The van der Waals surface area contributed by atoms with Crippen molar-refractivity contribution in [2.24, 2.45) is 0 Å². The molecule has 0 aromatic rings. The van der Waals surface area contributed by atoms with E-state index < -0.39 is 39.8 Å². The van der Waals surface area contributed by atoms with Crippen molar-refractivity contribution in [1.82, 2.24) is 9.80 Å². The van der Waals surface area contributed by atoms with Gasteiger partial charge in [0.25, 0.3) is 10.1 Å². The van der Waals surface area contributed by atoms with Crippen molar-refractivity contribution in [3.05, 3.63) is 12.7 Å². The Morgan fingerprint density at radius 2 is 1.27 bits per heavy atom. The number of unbranched alkanes of at least 4 members (excludes halogenated alkanes) is 1. The van der Waals surface area contributed by atoms with Crippen LogP contribution in [0.25, 0.3) is 0 Å². The van der Waals surface area contributed by atoms with E-state index in [1.807, 2.05) is 0 Å². The molecule has 0 aliphatic carbocycles. The van der Waals surface area contributed by atoms with Gasteiger partial charge in [0.1, 0.15) is 0 Å². The van der Waals surface area contributed by atoms with E-state index in [9.17, 15) is 23.1 Å². The summed E-state index contributed by atoms with van der Waals surface area (Å²) in [6.45, 7) is 24.9. The molecule has 0 aromatic carbocycles. The van der Waals surface area contributed by atoms with Crippen LogP contribution in [0.4, 0.5) is 0 Å². The summed E-state index contributed by atoms with van der Waals surface area (Å²) in [6.07, 6.45) is 0.582. The number of carbonyl (C=O) groups is 2. The van der Waals surface area contributed by atoms with Crippen LogP contribution in [0.5, 0.6) is 0 Å². The highest BCUT2D eigenvalue weighted by atomic mass is 32.2.